The predicted molar refractivity (Wildman–Crippen MR) is 98.7 cm³/mol. The zero-order valence-electron chi connectivity index (χ0n) is 15.5. The van der Waals surface area contributed by atoms with Crippen LogP contribution in [-0.4, -0.2) is 31.2 Å². The van der Waals surface area contributed by atoms with Gasteiger partial charge in [-0.05, 0) is 36.6 Å². The van der Waals surface area contributed by atoms with Crippen LogP contribution in [0, 0.1) is 0 Å². The Balaban J connectivity index is 1.75. The number of aromatic nitrogens is 1. The summed E-state index contributed by atoms with van der Waals surface area (Å²) in [5.74, 6) is -6.11. The zero-order chi connectivity index (χ0) is 22.1. The molecule has 0 aromatic carbocycles. The monoisotopic (exact) mass is 466 g/mol. The number of pyridine rings is 1. The van der Waals surface area contributed by atoms with Gasteiger partial charge in [-0.3, -0.25) is 9.69 Å². The Morgan fingerprint density at radius 2 is 1.87 bits per heavy atom. The standard InChI is InChI=1S/C18H15F5N2O3S2/c1-2-30(27,28)12-6-5-11(9-3-4-9)24-15(12)25-8-10-7-13(29-14(10)16(25)26)17(19,20)18(21,22)23/h5-7,9H,2-4,8H2,1H3. The number of amides is 1. The van der Waals surface area contributed by atoms with Gasteiger partial charge in [-0.15, -0.1) is 11.3 Å². The minimum Gasteiger partial charge on any atom is -0.286 e. The Labute approximate surface area is 172 Å². The molecule has 0 unspecified atom stereocenters. The maximum Gasteiger partial charge on any atom is 0.458 e. The molecule has 0 N–H and O–H groups in total. The van der Waals surface area contributed by atoms with Crippen molar-refractivity contribution in [1.29, 1.82) is 0 Å². The number of alkyl halides is 5. The number of hydrogen-bond donors (Lipinski definition) is 0. The number of anilines is 1. The van der Waals surface area contributed by atoms with Gasteiger partial charge in [0.15, 0.2) is 15.7 Å². The first-order chi connectivity index (χ1) is 13.9. The molecule has 2 aromatic rings. The first-order valence-electron chi connectivity index (χ1n) is 9.00. The van der Waals surface area contributed by atoms with Crippen LogP contribution in [0.2, 0.25) is 0 Å². The summed E-state index contributed by atoms with van der Waals surface area (Å²) in [6.07, 6.45) is -4.02. The zero-order valence-corrected chi connectivity index (χ0v) is 17.1. The lowest BCUT2D eigenvalue weighted by atomic mass is 10.2. The molecule has 0 spiro atoms. The summed E-state index contributed by atoms with van der Waals surface area (Å²) in [5.41, 5.74) is 0.606. The molecular weight excluding hydrogens is 451 g/mol. The third kappa shape index (κ3) is 3.29. The van der Waals surface area contributed by atoms with Gasteiger partial charge in [-0.25, -0.2) is 13.4 Å². The SMILES string of the molecule is CCS(=O)(=O)c1ccc(C2CC2)nc1N1Cc2cc(C(F)(F)C(F)(F)F)sc2C1=O. The molecule has 0 bridgehead atoms. The molecule has 1 fully saturated rings. The van der Waals surface area contributed by atoms with Crippen LogP contribution in [0.15, 0.2) is 23.1 Å². The molecule has 1 saturated carbocycles. The first kappa shape index (κ1) is 21.2. The number of carbonyl (C=O) groups excluding carboxylic acids is 1. The maximum atomic E-state index is 13.6. The number of sulfone groups is 1. The number of carbonyl (C=O) groups is 1. The van der Waals surface area contributed by atoms with Gasteiger partial charge in [0.05, 0.1) is 22.1 Å². The van der Waals surface area contributed by atoms with Crippen LogP contribution in [0.5, 0.6) is 0 Å². The average molecular weight is 466 g/mol. The van der Waals surface area contributed by atoms with Gasteiger partial charge in [0.1, 0.15) is 4.90 Å². The number of rotatable bonds is 5. The molecule has 1 aliphatic heterocycles. The highest BCUT2D eigenvalue weighted by Crippen LogP contribution is 2.49. The largest absolute Gasteiger partial charge is 0.458 e. The van der Waals surface area contributed by atoms with Gasteiger partial charge in [0.25, 0.3) is 5.91 Å². The molecule has 0 radical (unpaired) electrons. The van der Waals surface area contributed by atoms with Gasteiger partial charge in [0.2, 0.25) is 0 Å². The molecule has 30 heavy (non-hydrogen) atoms. The highest BCUT2D eigenvalue weighted by atomic mass is 32.2. The third-order valence-electron chi connectivity index (χ3n) is 5.07. The predicted octanol–water partition coefficient (Wildman–Crippen LogP) is 4.63. The van der Waals surface area contributed by atoms with Gasteiger partial charge in [-0.2, -0.15) is 22.0 Å². The van der Waals surface area contributed by atoms with Crippen LogP contribution in [0.3, 0.4) is 0 Å². The molecule has 2 aliphatic rings. The molecule has 1 amide bonds. The fraction of sp³-hybridized carbons (Fsp3) is 0.444. The smallest absolute Gasteiger partial charge is 0.286 e. The minimum absolute atomic E-state index is 0.0117. The van der Waals surface area contributed by atoms with Gasteiger partial charge >= 0.3 is 12.1 Å². The molecular formula is C18H15F5N2O3S2. The van der Waals surface area contributed by atoms with Gasteiger partial charge in [-0.1, -0.05) is 6.92 Å². The summed E-state index contributed by atoms with van der Waals surface area (Å²) in [4.78, 5) is 16.5. The second-order valence-corrected chi connectivity index (χ2v) is 10.5. The number of hydrogen-bond acceptors (Lipinski definition) is 5. The van der Waals surface area contributed by atoms with E-state index in [-0.39, 0.29) is 50.7 Å². The van der Waals surface area contributed by atoms with E-state index in [0.717, 1.165) is 17.7 Å². The molecule has 1 aliphatic carbocycles. The van der Waals surface area contributed by atoms with E-state index in [1.807, 2.05) is 0 Å². The van der Waals surface area contributed by atoms with E-state index in [1.165, 1.54) is 13.0 Å². The van der Waals surface area contributed by atoms with E-state index in [4.69, 9.17) is 0 Å². The van der Waals surface area contributed by atoms with Gasteiger partial charge < -0.3 is 0 Å². The molecule has 4 rings (SSSR count). The van der Waals surface area contributed by atoms with Crippen LogP contribution >= 0.6 is 11.3 Å². The van der Waals surface area contributed by atoms with Crippen molar-refractivity contribution in [3.63, 3.8) is 0 Å². The second kappa shape index (κ2) is 6.71. The molecule has 12 heteroatoms. The molecule has 3 heterocycles. The van der Waals surface area contributed by atoms with E-state index in [2.05, 4.69) is 4.98 Å². The van der Waals surface area contributed by atoms with Crippen molar-refractivity contribution in [3.8, 4) is 0 Å². The summed E-state index contributed by atoms with van der Waals surface area (Å²) in [6.45, 7) is 1.11. The van der Waals surface area contributed by atoms with Crippen molar-refractivity contribution in [2.45, 2.75) is 49.2 Å². The highest BCUT2D eigenvalue weighted by Gasteiger charge is 2.60. The number of thiophene rings is 1. The molecule has 5 nitrogen and oxygen atoms in total. The van der Waals surface area contributed by atoms with E-state index in [1.54, 1.807) is 6.07 Å². The van der Waals surface area contributed by atoms with E-state index in [9.17, 15) is 35.2 Å². The average Bonchev–Trinajstić information content (AvgIpc) is 3.35. The Hall–Kier alpha value is -2.08. The van der Waals surface area contributed by atoms with Gasteiger partial charge in [0, 0.05) is 11.6 Å². The normalized spacial score (nSPS) is 17.5. The Bertz CT molecular complexity index is 1140. The highest BCUT2D eigenvalue weighted by molar-refractivity contribution is 7.91. The number of halogens is 5. The first-order valence-corrected chi connectivity index (χ1v) is 11.5. The van der Waals surface area contributed by atoms with Crippen LogP contribution in [0.25, 0.3) is 0 Å². The van der Waals surface area contributed by atoms with Crippen molar-refractivity contribution in [1.82, 2.24) is 4.98 Å². The van der Waals surface area contributed by atoms with Crippen LogP contribution in [-0.2, 0) is 22.3 Å². The van der Waals surface area contributed by atoms with Crippen molar-refractivity contribution in [2.24, 2.45) is 0 Å². The Morgan fingerprint density at radius 1 is 1.20 bits per heavy atom. The summed E-state index contributed by atoms with van der Waals surface area (Å²) >= 11 is 0.0659. The Morgan fingerprint density at radius 3 is 2.40 bits per heavy atom. The van der Waals surface area contributed by atoms with Crippen molar-refractivity contribution < 1.29 is 35.2 Å². The van der Waals surface area contributed by atoms with E-state index >= 15 is 0 Å². The molecule has 0 atom stereocenters. The molecule has 162 valence electrons. The van der Waals surface area contributed by atoms with Crippen molar-refractivity contribution in [3.05, 3.63) is 39.2 Å². The molecule has 2 aromatic heterocycles. The minimum atomic E-state index is -5.78. The lowest BCUT2D eigenvalue weighted by Gasteiger charge is -2.20. The molecule has 0 saturated heterocycles. The van der Waals surface area contributed by atoms with E-state index in [0.29, 0.717) is 11.8 Å². The quantitative estimate of drug-likeness (QED) is 0.603. The van der Waals surface area contributed by atoms with Crippen molar-refractivity contribution in [2.75, 3.05) is 10.7 Å². The lowest BCUT2D eigenvalue weighted by Crippen LogP contribution is -2.33. The maximum absolute atomic E-state index is 13.6. The number of nitrogens with zero attached hydrogens (tertiary/aromatic N) is 2. The topological polar surface area (TPSA) is 67.3 Å². The van der Waals surface area contributed by atoms with Crippen LogP contribution < -0.4 is 4.90 Å². The lowest BCUT2D eigenvalue weighted by molar-refractivity contribution is -0.287. The van der Waals surface area contributed by atoms with Crippen LogP contribution in [0.1, 0.15) is 51.5 Å². The summed E-state index contributed by atoms with van der Waals surface area (Å²) in [7, 11) is -3.75. The number of fused-ring (bicyclic) bond motifs is 1. The van der Waals surface area contributed by atoms with Crippen LogP contribution in [0.4, 0.5) is 27.8 Å². The van der Waals surface area contributed by atoms with Crippen molar-refractivity contribution >= 4 is 32.9 Å². The fourth-order valence-corrected chi connectivity index (χ4v) is 5.34. The summed E-state index contributed by atoms with van der Waals surface area (Å²) in [6, 6.07) is 3.61. The second-order valence-electron chi connectivity index (χ2n) is 7.16. The fourth-order valence-electron chi connectivity index (χ4n) is 3.21. The Kier molecular flexibility index (Phi) is 4.73. The van der Waals surface area contributed by atoms with E-state index < -0.39 is 32.7 Å². The summed E-state index contributed by atoms with van der Waals surface area (Å²) < 4.78 is 90.2. The summed E-state index contributed by atoms with van der Waals surface area (Å²) in [5, 5.41) is 0. The third-order valence-corrected chi connectivity index (χ3v) is 8.05.